The highest BCUT2D eigenvalue weighted by atomic mass is 32.2. The topological polar surface area (TPSA) is 123 Å². The SMILES string of the molecule is CC1CCC(NS(=O)(=O)c2ccc(N3CCC[C@@H](c4nnc5ccccn45)C3)c([N+](=O)[O-])c2)CC1. The normalized spacial score (nSPS) is 23.5. The molecular formula is C24H30N6O4S. The Hall–Kier alpha value is -3.05. The molecule has 0 radical (unpaired) electrons. The van der Waals surface area contributed by atoms with Gasteiger partial charge in [-0.3, -0.25) is 14.5 Å². The van der Waals surface area contributed by atoms with Crippen molar-refractivity contribution in [3.63, 3.8) is 0 Å². The van der Waals surface area contributed by atoms with Crippen molar-refractivity contribution in [2.45, 2.75) is 62.3 Å². The Bertz CT molecular complexity index is 1330. The molecule has 1 saturated carbocycles. The highest BCUT2D eigenvalue weighted by molar-refractivity contribution is 7.89. The van der Waals surface area contributed by atoms with Crippen LogP contribution in [0.1, 0.15) is 57.2 Å². The molecule has 0 bridgehead atoms. The molecule has 1 aliphatic carbocycles. The average molecular weight is 499 g/mol. The summed E-state index contributed by atoms with van der Waals surface area (Å²) in [5.74, 6) is 1.48. The lowest BCUT2D eigenvalue weighted by Gasteiger charge is -2.33. The second-order valence-corrected chi connectivity index (χ2v) is 11.5. The summed E-state index contributed by atoms with van der Waals surface area (Å²) in [6.45, 7) is 3.36. The summed E-state index contributed by atoms with van der Waals surface area (Å²) >= 11 is 0. The average Bonchev–Trinajstić information content (AvgIpc) is 3.29. The third kappa shape index (κ3) is 4.87. The van der Waals surface area contributed by atoms with Crippen molar-refractivity contribution in [2.75, 3.05) is 18.0 Å². The molecule has 2 aromatic heterocycles. The van der Waals surface area contributed by atoms with Crippen molar-refractivity contribution in [3.8, 4) is 0 Å². The number of hydrogen-bond acceptors (Lipinski definition) is 7. The first-order chi connectivity index (χ1) is 16.8. The maximum absolute atomic E-state index is 13.0. The third-order valence-corrected chi connectivity index (χ3v) is 8.78. The zero-order valence-corrected chi connectivity index (χ0v) is 20.5. The zero-order valence-electron chi connectivity index (χ0n) is 19.7. The van der Waals surface area contributed by atoms with Crippen molar-refractivity contribution in [1.29, 1.82) is 0 Å². The molecule has 1 saturated heterocycles. The molecule has 3 heterocycles. The van der Waals surface area contributed by atoms with Gasteiger partial charge in [0.2, 0.25) is 10.0 Å². The molecule has 2 aliphatic rings. The molecule has 186 valence electrons. The fourth-order valence-electron chi connectivity index (χ4n) is 5.29. The number of benzene rings is 1. The van der Waals surface area contributed by atoms with Crippen LogP contribution in [-0.2, 0) is 10.0 Å². The van der Waals surface area contributed by atoms with Crippen LogP contribution in [0.15, 0.2) is 47.5 Å². The predicted molar refractivity (Wildman–Crippen MR) is 132 cm³/mol. The minimum absolute atomic E-state index is 0.0551. The molecule has 5 rings (SSSR count). The number of piperidine rings is 1. The number of fused-ring (bicyclic) bond motifs is 1. The summed E-state index contributed by atoms with van der Waals surface area (Å²) in [6, 6.07) is 9.83. The molecule has 0 amide bonds. The first-order valence-electron chi connectivity index (χ1n) is 12.2. The molecule has 35 heavy (non-hydrogen) atoms. The molecule has 3 aromatic rings. The summed E-state index contributed by atoms with van der Waals surface area (Å²) in [5.41, 5.74) is 0.996. The minimum atomic E-state index is -3.85. The molecule has 1 atom stereocenters. The van der Waals surface area contributed by atoms with Gasteiger partial charge in [-0.05, 0) is 68.7 Å². The highest BCUT2D eigenvalue weighted by Gasteiger charge is 2.31. The molecule has 10 nitrogen and oxygen atoms in total. The van der Waals surface area contributed by atoms with Gasteiger partial charge in [0.05, 0.1) is 9.82 Å². The largest absolute Gasteiger partial charge is 0.365 e. The number of nitrogens with one attached hydrogen (secondary N) is 1. The van der Waals surface area contributed by atoms with Gasteiger partial charge in [0.25, 0.3) is 5.69 Å². The van der Waals surface area contributed by atoms with E-state index in [4.69, 9.17) is 0 Å². The molecule has 1 aromatic carbocycles. The van der Waals surface area contributed by atoms with E-state index in [1.54, 1.807) is 6.07 Å². The van der Waals surface area contributed by atoms with E-state index in [1.807, 2.05) is 33.7 Å². The third-order valence-electron chi connectivity index (χ3n) is 7.26. The lowest BCUT2D eigenvalue weighted by molar-refractivity contribution is -0.384. The maximum Gasteiger partial charge on any atom is 0.293 e. The fourth-order valence-corrected chi connectivity index (χ4v) is 6.62. The van der Waals surface area contributed by atoms with E-state index in [9.17, 15) is 18.5 Å². The van der Waals surface area contributed by atoms with E-state index >= 15 is 0 Å². The van der Waals surface area contributed by atoms with Crippen LogP contribution in [0.5, 0.6) is 0 Å². The van der Waals surface area contributed by atoms with Crippen LogP contribution in [-0.4, -0.2) is 47.1 Å². The lowest BCUT2D eigenvalue weighted by atomic mass is 9.88. The Labute approximate surface area is 204 Å². The summed E-state index contributed by atoms with van der Waals surface area (Å²) in [4.78, 5) is 13.4. The number of rotatable bonds is 6. The van der Waals surface area contributed by atoms with Gasteiger partial charge in [0.1, 0.15) is 11.5 Å². The Balaban J connectivity index is 1.39. The van der Waals surface area contributed by atoms with Crippen LogP contribution in [0.25, 0.3) is 5.65 Å². The van der Waals surface area contributed by atoms with E-state index in [0.29, 0.717) is 24.7 Å². The summed E-state index contributed by atoms with van der Waals surface area (Å²) in [7, 11) is -3.85. The monoisotopic (exact) mass is 498 g/mol. The van der Waals surface area contributed by atoms with Crippen LogP contribution < -0.4 is 9.62 Å². The van der Waals surface area contributed by atoms with Crippen molar-refractivity contribution < 1.29 is 13.3 Å². The number of hydrogen-bond donors (Lipinski definition) is 1. The number of nitro groups is 1. The maximum atomic E-state index is 13.0. The van der Waals surface area contributed by atoms with E-state index in [2.05, 4.69) is 21.8 Å². The minimum Gasteiger partial charge on any atom is -0.365 e. The van der Waals surface area contributed by atoms with Gasteiger partial charge >= 0.3 is 0 Å². The first kappa shape index (κ1) is 23.7. The second-order valence-electron chi connectivity index (χ2n) is 9.76. The smallest absolute Gasteiger partial charge is 0.293 e. The van der Waals surface area contributed by atoms with Crippen LogP contribution in [0, 0.1) is 16.0 Å². The molecule has 0 unspecified atom stereocenters. The van der Waals surface area contributed by atoms with Crippen molar-refractivity contribution in [3.05, 3.63) is 58.5 Å². The van der Waals surface area contributed by atoms with Crippen LogP contribution in [0.2, 0.25) is 0 Å². The Morgan fingerprint density at radius 1 is 1.09 bits per heavy atom. The molecule has 2 fully saturated rings. The summed E-state index contributed by atoms with van der Waals surface area (Å²) in [5, 5.41) is 20.6. The molecule has 1 aliphatic heterocycles. The standard InChI is InChI=1S/C24H30N6O4S/c1-17-7-9-19(10-8-17)27-35(33,34)20-11-12-21(22(15-20)30(31)32)28-13-4-5-18(16-28)24-26-25-23-6-2-3-14-29(23)24/h2-3,6,11-12,14-15,17-19,27H,4-5,7-10,13,16H2,1H3/t17?,18-,19?/m1/s1. The highest BCUT2D eigenvalue weighted by Crippen LogP contribution is 2.36. The fraction of sp³-hybridized carbons (Fsp3) is 0.500. The summed E-state index contributed by atoms with van der Waals surface area (Å²) < 4.78 is 30.7. The Kier molecular flexibility index (Phi) is 6.45. The molecular weight excluding hydrogens is 468 g/mol. The van der Waals surface area contributed by atoms with Crippen molar-refractivity contribution in [1.82, 2.24) is 19.3 Å². The quantitative estimate of drug-likeness (QED) is 0.404. The lowest BCUT2D eigenvalue weighted by Crippen LogP contribution is -2.37. The van der Waals surface area contributed by atoms with E-state index in [0.717, 1.165) is 50.0 Å². The van der Waals surface area contributed by atoms with Gasteiger partial charge in [0.15, 0.2) is 5.65 Å². The van der Waals surface area contributed by atoms with Crippen LogP contribution in [0.3, 0.4) is 0 Å². The van der Waals surface area contributed by atoms with Gasteiger partial charge in [-0.1, -0.05) is 13.0 Å². The van der Waals surface area contributed by atoms with Crippen molar-refractivity contribution in [2.24, 2.45) is 5.92 Å². The molecule has 1 N–H and O–H groups in total. The summed E-state index contributed by atoms with van der Waals surface area (Å²) in [6.07, 6.45) is 7.18. The van der Waals surface area contributed by atoms with Crippen molar-refractivity contribution >= 4 is 27.0 Å². The van der Waals surface area contributed by atoms with Gasteiger partial charge in [-0.25, -0.2) is 13.1 Å². The van der Waals surface area contributed by atoms with Crippen LogP contribution in [0.4, 0.5) is 11.4 Å². The van der Waals surface area contributed by atoms with Gasteiger partial charge < -0.3 is 4.90 Å². The van der Waals surface area contributed by atoms with E-state index < -0.39 is 14.9 Å². The van der Waals surface area contributed by atoms with E-state index in [-0.39, 0.29) is 22.5 Å². The van der Waals surface area contributed by atoms with E-state index in [1.165, 1.54) is 12.1 Å². The number of anilines is 1. The molecule has 0 spiro atoms. The first-order valence-corrected chi connectivity index (χ1v) is 13.7. The van der Waals surface area contributed by atoms with Gasteiger partial charge in [0, 0.05) is 37.3 Å². The predicted octanol–water partition coefficient (Wildman–Crippen LogP) is 3.88. The number of sulfonamides is 1. The van der Waals surface area contributed by atoms with Crippen LogP contribution >= 0.6 is 0 Å². The van der Waals surface area contributed by atoms with Gasteiger partial charge in [-0.2, -0.15) is 0 Å². The second kappa shape index (κ2) is 9.54. The number of nitrogens with zero attached hydrogens (tertiary/aromatic N) is 5. The zero-order chi connectivity index (χ0) is 24.6. The Morgan fingerprint density at radius 2 is 1.89 bits per heavy atom. The number of pyridine rings is 1. The molecule has 11 heteroatoms. The number of nitro benzene ring substituents is 1. The Morgan fingerprint density at radius 3 is 2.66 bits per heavy atom. The number of aromatic nitrogens is 3. The van der Waals surface area contributed by atoms with Gasteiger partial charge in [-0.15, -0.1) is 10.2 Å².